The predicted molar refractivity (Wildman–Crippen MR) is 145 cm³/mol. The first-order valence-electron chi connectivity index (χ1n) is 11.9. The van der Waals surface area contributed by atoms with E-state index in [2.05, 4.69) is 61.4 Å². The topological polar surface area (TPSA) is 69.0 Å². The lowest BCUT2D eigenvalue weighted by Gasteiger charge is -2.19. The van der Waals surface area contributed by atoms with Gasteiger partial charge in [-0.05, 0) is 59.9 Å². The Bertz CT molecular complexity index is 1320. The molecule has 0 aliphatic rings. The van der Waals surface area contributed by atoms with E-state index in [1.165, 1.54) is 11.1 Å². The van der Waals surface area contributed by atoms with Crippen LogP contribution in [0.25, 0.3) is 5.69 Å². The van der Waals surface area contributed by atoms with Crippen molar-refractivity contribution in [2.75, 3.05) is 7.11 Å². The second kappa shape index (κ2) is 11.0. The van der Waals surface area contributed by atoms with Gasteiger partial charge >= 0.3 is 0 Å². The third kappa shape index (κ3) is 6.15. The van der Waals surface area contributed by atoms with Gasteiger partial charge in [0.15, 0.2) is 11.0 Å². The summed E-state index contributed by atoms with van der Waals surface area (Å²) in [5, 5.41) is 12.7. The first-order valence-corrected chi connectivity index (χ1v) is 12.9. The van der Waals surface area contributed by atoms with Crippen LogP contribution in [0.15, 0.2) is 78.0 Å². The van der Waals surface area contributed by atoms with Crippen LogP contribution in [0.4, 0.5) is 0 Å². The molecule has 0 aliphatic heterocycles. The molecule has 0 saturated carbocycles. The molecule has 0 bridgehead atoms. The van der Waals surface area contributed by atoms with Crippen LogP contribution in [-0.2, 0) is 17.7 Å². The lowest BCUT2D eigenvalue weighted by Crippen LogP contribution is -2.25. The van der Waals surface area contributed by atoms with Crippen LogP contribution in [0.5, 0.6) is 5.75 Å². The average molecular weight is 501 g/mol. The van der Waals surface area contributed by atoms with Gasteiger partial charge in [0.2, 0.25) is 0 Å². The summed E-state index contributed by atoms with van der Waals surface area (Å²) in [5.41, 5.74) is 5.11. The minimum Gasteiger partial charge on any atom is -0.497 e. The average Bonchev–Trinajstić information content (AvgIpc) is 3.29. The van der Waals surface area contributed by atoms with Crippen LogP contribution in [0.1, 0.15) is 53.6 Å². The lowest BCUT2D eigenvalue weighted by molar-refractivity contribution is 0.0949. The number of carbonyl (C=O) groups is 1. The number of nitrogens with one attached hydrogen (secondary N) is 1. The van der Waals surface area contributed by atoms with Crippen molar-refractivity contribution in [3.63, 3.8) is 0 Å². The first-order chi connectivity index (χ1) is 17.2. The number of carbonyl (C=O) groups excluding carboxylic acids is 1. The van der Waals surface area contributed by atoms with Crippen molar-refractivity contribution in [2.24, 2.45) is 0 Å². The summed E-state index contributed by atoms with van der Waals surface area (Å²) in [4.78, 5) is 12.9. The second-order valence-corrected chi connectivity index (χ2v) is 10.7. The molecule has 36 heavy (non-hydrogen) atoms. The van der Waals surface area contributed by atoms with E-state index in [1.807, 2.05) is 59.2 Å². The van der Waals surface area contributed by atoms with Crippen LogP contribution in [0.2, 0.25) is 0 Å². The summed E-state index contributed by atoms with van der Waals surface area (Å²) in [6.45, 7) is 8.79. The number of hydrogen-bond donors (Lipinski definition) is 1. The van der Waals surface area contributed by atoms with E-state index in [0.717, 1.165) is 22.2 Å². The summed E-state index contributed by atoms with van der Waals surface area (Å²) in [5.74, 6) is 2.08. The molecule has 1 aromatic heterocycles. The highest BCUT2D eigenvalue weighted by Crippen LogP contribution is 2.27. The van der Waals surface area contributed by atoms with E-state index in [-0.39, 0.29) is 17.9 Å². The quantitative estimate of drug-likeness (QED) is 0.296. The minimum atomic E-state index is -0.139. The maximum atomic E-state index is 12.9. The molecule has 0 saturated heterocycles. The van der Waals surface area contributed by atoms with Gasteiger partial charge in [-0.25, -0.2) is 0 Å². The fourth-order valence-corrected chi connectivity index (χ4v) is 4.67. The summed E-state index contributed by atoms with van der Waals surface area (Å²) < 4.78 is 7.35. The van der Waals surface area contributed by atoms with Crippen LogP contribution in [0, 0.1) is 6.92 Å². The zero-order valence-corrected chi connectivity index (χ0v) is 22.2. The Morgan fingerprint density at radius 2 is 1.72 bits per heavy atom. The van der Waals surface area contributed by atoms with Gasteiger partial charge in [0.1, 0.15) is 5.75 Å². The number of methoxy groups -OCH3 is 1. The minimum absolute atomic E-state index is 0.0401. The highest BCUT2D eigenvalue weighted by molar-refractivity contribution is 7.98. The summed E-state index contributed by atoms with van der Waals surface area (Å²) >= 11 is 1.59. The Labute approximate surface area is 217 Å². The highest BCUT2D eigenvalue weighted by Gasteiger charge is 2.17. The molecule has 0 unspecified atom stereocenters. The molecule has 1 N–H and O–H groups in total. The second-order valence-electron chi connectivity index (χ2n) is 9.72. The number of aromatic nitrogens is 3. The van der Waals surface area contributed by atoms with E-state index in [1.54, 1.807) is 18.9 Å². The van der Waals surface area contributed by atoms with E-state index >= 15 is 0 Å². The number of aryl methyl sites for hydroxylation is 1. The van der Waals surface area contributed by atoms with Crippen molar-refractivity contribution in [1.82, 2.24) is 20.1 Å². The number of rotatable bonds is 8. The highest BCUT2D eigenvalue weighted by atomic mass is 32.2. The molecule has 0 aliphatic carbocycles. The zero-order chi connectivity index (χ0) is 25.7. The molecule has 1 heterocycles. The zero-order valence-electron chi connectivity index (χ0n) is 21.4. The normalized spacial score (nSPS) is 11.4. The maximum absolute atomic E-state index is 12.9. The van der Waals surface area contributed by atoms with Gasteiger partial charge < -0.3 is 10.1 Å². The Morgan fingerprint density at radius 3 is 2.39 bits per heavy atom. The van der Waals surface area contributed by atoms with Crippen LogP contribution < -0.4 is 10.1 Å². The molecule has 186 valence electrons. The molecule has 0 spiro atoms. The van der Waals surface area contributed by atoms with Gasteiger partial charge in [0.25, 0.3) is 5.91 Å². The Hall–Kier alpha value is -3.58. The Kier molecular flexibility index (Phi) is 7.79. The lowest BCUT2D eigenvalue weighted by atomic mass is 9.87. The van der Waals surface area contributed by atoms with E-state index in [9.17, 15) is 4.79 Å². The molecule has 0 radical (unpaired) electrons. The van der Waals surface area contributed by atoms with Crippen LogP contribution in [-0.4, -0.2) is 27.8 Å². The number of ether oxygens (including phenoxy) is 1. The molecular weight excluding hydrogens is 468 g/mol. The van der Waals surface area contributed by atoms with Gasteiger partial charge in [-0.2, -0.15) is 0 Å². The standard InChI is InChI=1S/C29H32N4O2S/c1-20-9-15-24(16-10-20)33-26(18-30-27(34)22-11-13-23(14-12-22)29(2,3)4)31-32-28(33)36-19-21-7-6-8-25(17-21)35-5/h6-17H,18-19H2,1-5H3,(H,30,34). The number of benzene rings is 3. The number of nitrogens with zero attached hydrogens (tertiary/aromatic N) is 3. The van der Waals surface area contributed by atoms with Crippen molar-refractivity contribution < 1.29 is 9.53 Å². The SMILES string of the molecule is COc1cccc(CSc2nnc(CNC(=O)c3ccc(C(C)(C)C)cc3)n2-c2ccc(C)cc2)c1. The molecule has 6 nitrogen and oxygen atoms in total. The maximum Gasteiger partial charge on any atom is 0.251 e. The number of hydrogen-bond acceptors (Lipinski definition) is 5. The largest absolute Gasteiger partial charge is 0.497 e. The molecule has 4 rings (SSSR count). The van der Waals surface area contributed by atoms with E-state index < -0.39 is 0 Å². The smallest absolute Gasteiger partial charge is 0.251 e. The Balaban J connectivity index is 1.53. The number of thioether (sulfide) groups is 1. The van der Waals surface area contributed by atoms with Crippen molar-refractivity contribution >= 4 is 17.7 Å². The third-order valence-corrected chi connectivity index (χ3v) is 6.91. The predicted octanol–water partition coefficient (Wildman–Crippen LogP) is 6.10. The summed E-state index contributed by atoms with van der Waals surface area (Å²) in [7, 11) is 1.67. The molecule has 0 atom stereocenters. The molecular formula is C29H32N4O2S. The third-order valence-electron chi connectivity index (χ3n) is 5.91. The van der Waals surface area contributed by atoms with Gasteiger partial charge in [0.05, 0.1) is 13.7 Å². The number of amides is 1. The summed E-state index contributed by atoms with van der Waals surface area (Å²) in [6.07, 6.45) is 0. The van der Waals surface area contributed by atoms with Gasteiger partial charge in [-0.3, -0.25) is 9.36 Å². The molecule has 7 heteroatoms. The monoisotopic (exact) mass is 500 g/mol. The van der Waals surface area contributed by atoms with Gasteiger partial charge in [0, 0.05) is 17.0 Å². The fraction of sp³-hybridized carbons (Fsp3) is 0.276. The van der Waals surface area contributed by atoms with Crippen molar-refractivity contribution in [1.29, 1.82) is 0 Å². The van der Waals surface area contributed by atoms with Gasteiger partial charge in [-0.1, -0.05) is 74.5 Å². The van der Waals surface area contributed by atoms with Crippen LogP contribution in [0.3, 0.4) is 0 Å². The van der Waals surface area contributed by atoms with Crippen LogP contribution >= 0.6 is 11.8 Å². The van der Waals surface area contributed by atoms with E-state index in [0.29, 0.717) is 17.1 Å². The van der Waals surface area contributed by atoms with Crippen molar-refractivity contribution in [3.05, 3.63) is 101 Å². The molecule has 1 amide bonds. The van der Waals surface area contributed by atoms with Crippen molar-refractivity contribution in [3.8, 4) is 11.4 Å². The van der Waals surface area contributed by atoms with Gasteiger partial charge in [-0.15, -0.1) is 10.2 Å². The molecule has 4 aromatic rings. The van der Waals surface area contributed by atoms with Crippen molar-refractivity contribution in [2.45, 2.75) is 50.6 Å². The summed E-state index contributed by atoms with van der Waals surface area (Å²) in [6, 6.07) is 24.0. The fourth-order valence-electron chi connectivity index (χ4n) is 3.75. The Morgan fingerprint density at radius 1 is 1.00 bits per heavy atom. The first kappa shape index (κ1) is 25.5. The molecule has 3 aromatic carbocycles. The van der Waals surface area contributed by atoms with E-state index in [4.69, 9.17) is 4.74 Å². The molecule has 0 fully saturated rings.